The third-order valence-electron chi connectivity index (χ3n) is 4.67. The van der Waals surface area contributed by atoms with E-state index >= 15 is 0 Å². The minimum atomic E-state index is -0.284. The molecule has 0 N–H and O–H groups in total. The molecule has 5 heteroatoms. The maximum Gasteiger partial charge on any atom is 0.196 e. The Balaban J connectivity index is 1.69. The van der Waals surface area contributed by atoms with Gasteiger partial charge < -0.3 is 0 Å². The number of Topliss-reactive ketones (excluding diaryl/α,β-unsaturated/α-hetero) is 1. The number of hydrogen-bond donors (Lipinski definition) is 0. The van der Waals surface area contributed by atoms with Gasteiger partial charge in [-0.25, -0.2) is 0 Å². The van der Waals surface area contributed by atoms with E-state index in [0.717, 1.165) is 22.6 Å². The molecule has 0 radical (unpaired) electrons. The van der Waals surface area contributed by atoms with Crippen molar-refractivity contribution >= 4 is 17.5 Å². The van der Waals surface area contributed by atoms with Gasteiger partial charge in [-0.1, -0.05) is 90.1 Å². The van der Waals surface area contributed by atoms with E-state index in [4.69, 9.17) is 0 Å². The molecule has 1 heterocycles. The first kappa shape index (κ1) is 19.2. The molecule has 29 heavy (non-hydrogen) atoms. The van der Waals surface area contributed by atoms with Crippen molar-refractivity contribution in [3.63, 3.8) is 0 Å². The summed E-state index contributed by atoms with van der Waals surface area (Å²) in [5.74, 6) is 0.841. The fraction of sp³-hybridized carbons (Fsp3) is 0.125. The Morgan fingerprint density at radius 2 is 1.48 bits per heavy atom. The van der Waals surface area contributed by atoms with Gasteiger partial charge in [0, 0.05) is 16.8 Å². The van der Waals surface area contributed by atoms with Gasteiger partial charge in [-0.15, -0.1) is 10.2 Å². The second-order valence-electron chi connectivity index (χ2n) is 6.83. The molecule has 0 spiro atoms. The topological polar surface area (TPSA) is 47.8 Å². The van der Waals surface area contributed by atoms with Crippen molar-refractivity contribution in [1.29, 1.82) is 0 Å². The van der Waals surface area contributed by atoms with Crippen molar-refractivity contribution in [2.75, 3.05) is 0 Å². The van der Waals surface area contributed by atoms with Crippen LogP contribution in [0.5, 0.6) is 0 Å². The molecule has 0 saturated carbocycles. The molecule has 0 saturated heterocycles. The molecule has 3 aromatic carbocycles. The quantitative estimate of drug-likeness (QED) is 0.312. The summed E-state index contributed by atoms with van der Waals surface area (Å²) in [6, 6.07) is 27.6. The Labute approximate surface area is 174 Å². The zero-order valence-electron chi connectivity index (χ0n) is 16.3. The lowest BCUT2D eigenvalue weighted by Gasteiger charge is -2.13. The SMILES string of the molecule is Cc1ccc(C(=O)[C@@H](C)Sc2nnc(-c3ccccc3)n2-c2ccccc2)cc1. The molecular weight excluding hydrogens is 378 g/mol. The van der Waals surface area contributed by atoms with Crippen LogP contribution in [-0.4, -0.2) is 25.8 Å². The second kappa shape index (κ2) is 8.45. The number of rotatable bonds is 6. The number of aryl methyl sites for hydroxylation is 1. The predicted molar refractivity (Wildman–Crippen MR) is 118 cm³/mol. The molecule has 1 aromatic heterocycles. The summed E-state index contributed by atoms with van der Waals surface area (Å²) in [5, 5.41) is 9.28. The fourth-order valence-electron chi connectivity index (χ4n) is 3.09. The number of ketones is 1. The average Bonchev–Trinajstić information content (AvgIpc) is 3.18. The maximum absolute atomic E-state index is 12.9. The molecule has 0 unspecified atom stereocenters. The highest BCUT2D eigenvalue weighted by atomic mass is 32.2. The Morgan fingerprint density at radius 1 is 0.862 bits per heavy atom. The third kappa shape index (κ3) is 4.15. The van der Waals surface area contributed by atoms with Crippen molar-refractivity contribution in [1.82, 2.24) is 14.8 Å². The normalized spacial score (nSPS) is 11.9. The van der Waals surface area contributed by atoms with E-state index in [2.05, 4.69) is 10.2 Å². The third-order valence-corrected chi connectivity index (χ3v) is 5.71. The number of hydrogen-bond acceptors (Lipinski definition) is 4. The smallest absolute Gasteiger partial charge is 0.196 e. The molecule has 0 aliphatic heterocycles. The van der Waals surface area contributed by atoms with Gasteiger partial charge in [0.15, 0.2) is 16.8 Å². The van der Waals surface area contributed by atoms with Gasteiger partial charge in [0.25, 0.3) is 0 Å². The van der Waals surface area contributed by atoms with Crippen LogP contribution in [0.3, 0.4) is 0 Å². The Morgan fingerprint density at radius 3 is 2.14 bits per heavy atom. The maximum atomic E-state index is 12.9. The summed E-state index contributed by atoms with van der Waals surface area (Å²) in [7, 11) is 0. The van der Waals surface area contributed by atoms with Crippen molar-refractivity contribution in [3.05, 3.63) is 96.1 Å². The van der Waals surface area contributed by atoms with E-state index in [1.807, 2.05) is 103 Å². The van der Waals surface area contributed by atoms with Crippen LogP contribution < -0.4 is 0 Å². The molecule has 0 bridgehead atoms. The van der Waals surface area contributed by atoms with Crippen molar-refractivity contribution < 1.29 is 4.79 Å². The number of benzene rings is 3. The van der Waals surface area contributed by atoms with Crippen LogP contribution in [0.1, 0.15) is 22.8 Å². The van der Waals surface area contributed by atoms with Gasteiger partial charge in [0.1, 0.15) is 0 Å². The van der Waals surface area contributed by atoms with Crippen LogP contribution in [0.4, 0.5) is 0 Å². The van der Waals surface area contributed by atoms with Crippen LogP contribution >= 0.6 is 11.8 Å². The Bertz CT molecular complexity index is 1110. The largest absolute Gasteiger partial charge is 0.293 e. The minimum absolute atomic E-state index is 0.0823. The number of carbonyl (C=O) groups excluding carboxylic acids is 1. The summed E-state index contributed by atoms with van der Waals surface area (Å²) in [6.07, 6.45) is 0. The van der Waals surface area contributed by atoms with Gasteiger partial charge in [0.2, 0.25) is 0 Å². The lowest BCUT2D eigenvalue weighted by Crippen LogP contribution is -2.14. The van der Waals surface area contributed by atoms with E-state index in [0.29, 0.717) is 10.7 Å². The summed E-state index contributed by atoms with van der Waals surface area (Å²) < 4.78 is 2.01. The Kier molecular flexibility index (Phi) is 5.58. The fourth-order valence-corrected chi connectivity index (χ4v) is 4.04. The highest BCUT2D eigenvalue weighted by molar-refractivity contribution is 8.00. The van der Waals surface area contributed by atoms with E-state index in [-0.39, 0.29) is 11.0 Å². The van der Waals surface area contributed by atoms with Gasteiger partial charge in [-0.3, -0.25) is 9.36 Å². The van der Waals surface area contributed by atoms with Gasteiger partial charge >= 0.3 is 0 Å². The molecule has 0 fully saturated rings. The standard InChI is InChI=1S/C24H21N3OS/c1-17-13-15-19(16-14-17)22(28)18(2)29-24-26-25-23(20-9-5-3-6-10-20)27(24)21-11-7-4-8-12-21/h3-16,18H,1-2H3/t18-/m1/s1. The lowest BCUT2D eigenvalue weighted by atomic mass is 10.1. The molecule has 4 rings (SSSR count). The van der Waals surface area contributed by atoms with E-state index in [9.17, 15) is 4.79 Å². The number of carbonyl (C=O) groups is 1. The van der Waals surface area contributed by atoms with E-state index < -0.39 is 0 Å². The van der Waals surface area contributed by atoms with Crippen molar-refractivity contribution in [3.8, 4) is 17.1 Å². The van der Waals surface area contributed by atoms with E-state index in [1.165, 1.54) is 11.8 Å². The number of thioether (sulfide) groups is 1. The number of nitrogens with zero attached hydrogens (tertiary/aromatic N) is 3. The molecule has 0 amide bonds. The van der Waals surface area contributed by atoms with Gasteiger partial charge in [-0.2, -0.15) is 0 Å². The Hall–Kier alpha value is -3.18. The van der Waals surface area contributed by atoms with Crippen molar-refractivity contribution in [2.24, 2.45) is 0 Å². The van der Waals surface area contributed by atoms with Crippen molar-refractivity contribution in [2.45, 2.75) is 24.3 Å². The van der Waals surface area contributed by atoms with Crippen LogP contribution in [-0.2, 0) is 0 Å². The first-order chi connectivity index (χ1) is 14.1. The lowest BCUT2D eigenvalue weighted by molar-refractivity contribution is 0.0994. The predicted octanol–water partition coefficient (Wildman–Crippen LogP) is 5.61. The molecule has 0 aliphatic carbocycles. The number of aromatic nitrogens is 3. The zero-order valence-corrected chi connectivity index (χ0v) is 17.1. The molecule has 144 valence electrons. The monoisotopic (exact) mass is 399 g/mol. The molecule has 4 nitrogen and oxygen atoms in total. The minimum Gasteiger partial charge on any atom is -0.293 e. The number of para-hydroxylation sites is 1. The summed E-state index contributed by atoms with van der Waals surface area (Å²) >= 11 is 1.43. The van der Waals surface area contributed by atoms with Gasteiger partial charge in [-0.05, 0) is 26.0 Å². The summed E-state index contributed by atoms with van der Waals surface area (Å²) in [4.78, 5) is 12.9. The zero-order chi connectivity index (χ0) is 20.2. The first-order valence-electron chi connectivity index (χ1n) is 9.47. The molecular formula is C24H21N3OS. The van der Waals surface area contributed by atoms with Crippen LogP contribution in [0.15, 0.2) is 90.1 Å². The van der Waals surface area contributed by atoms with Crippen LogP contribution in [0, 0.1) is 6.92 Å². The highest BCUT2D eigenvalue weighted by Gasteiger charge is 2.22. The van der Waals surface area contributed by atoms with Crippen LogP contribution in [0.2, 0.25) is 0 Å². The molecule has 4 aromatic rings. The van der Waals surface area contributed by atoms with Gasteiger partial charge in [0.05, 0.1) is 5.25 Å². The van der Waals surface area contributed by atoms with Crippen LogP contribution in [0.25, 0.3) is 17.1 Å². The molecule has 1 atom stereocenters. The summed E-state index contributed by atoms with van der Waals surface area (Å²) in [5.41, 5.74) is 3.80. The molecule has 0 aliphatic rings. The van der Waals surface area contributed by atoms with E-state index in [1.54, 1.807) is 0 Å². The first-order valence-corrected chi connectivity index (χ1v) is 10.4. The average molecular weight is 400 g/mol. The second-order valence-corrected chi connectivity index (χ2v) is 8.14. The highest BCUT2D eigenvalue weighted by Crippen LogP contribution is 2.31. The summed E-state index contributed by atoms with van der Waals surface area (Å²) in [6.45, 7) is 3.93.